The smallest absolute Gasteiger partial charge is 0.128 e. The second-order valence-corrected chi connectivity index (χ2v) is 5.24. The maximum Gasteiger partial charge on any atom is 0.128 e. The summed E-state index contributed by atoms with van der Waals surface area (Å²) in [6.45, 7) is 6.65. The Hall–Kier alpha value is -1.74. The van der Waals surface area contributed by atoms with Gasteiger partial charge in [0.15, 0.2) is 0 Å². The summed E-state index contributed by atoms with van der Waals surface area (Å²) in [6, 6.07) is 12.8. The molecule has 0 saturated carbocycles. The lowest BCUT2D eigenvalue weighted by atomic mass is 10.2. The van der Waals surface area contributed by atoms with E-state index in [9.17, 15) is 4.39 Å². The average Bonchev–Trinajstić information content (AvgIpc) is 2.51. The molecular formula is C17H20ClFN2. The van der Waals surface area contributed by atoms with Crippen LogP contribution >= 0.6 is 11.6 Å². The number of hydrogen-bond donors (Lipinski definition) is 1. The van der Waals surface area contributed by atoms with Crippen molar-refractivity contribution in [3.05, 3.63) is 58.9 Å². The molecule has 112 valence electrons. The first kappa shape index (κ1) is 15.6. The normalized spacial score (nSPS) is 10.5. The molecule has 0 amide bonds. The van der Waals surface area contributed by atoms with Crippen LogP contribution in [0, 0.1) is 5.82 Å². The molecule has 0 aromatic heterocycles. The van der Waals surface area contributed by atoms with Crippen molar-refractivity contribution < 1.29 is 4.39 Å². The molecule has 2 nitrogen and oxygen atoms in total. The van der Waals surface area contributed by atoms with E-state index in [1.54, 1.807) is 12.1 Å². The molecule has 2 aromatic rings. The van der Waals surface area contributed by atoms with Crippen LogP contribution in [-0.4, -0.2) is 13.1 Å². The molecule has 0 saturated heterocycles. The highest BCUT2D eigenvalue weighted by molar-refractivity contribution is 6.30. The molecule has 0 heterocycles. The van der Waals surface area contributed by atoms with E-state index in [2.05, 4.69) is 36.2 Å². The number of halogens is 2. The van der Waals surface area contributed by atoms with Crippen molar-refractivity contribution in [1.82, 2.24) is 0 Å². The minimum Gasteiger partial charge on any atom is -0.381 e. The van der Waals surface area contributed by atoms with Crippen LogP contribution in [0.1, 0.15) is 19.4 Å². The van der Waals surface area contributed by atoms with E-state index in [1.165, 1.54) is 11.8 Å². The van der Waals surface area contributed by atoms with Gasteiger partial charge in [-0.15, -0.1) is 0 Å². The number of hydrogen-bond acceptors (Lipinski definition) is 2. The molecule has 4 heteroatoms. The minimum atomic E-state index is -0.244. The predicted octanol–water partition coefficient (Wildman–Crippen LogP) is 4.94. The van der Waals surface area contributed by atoms with Crippen LogP contribution in [-0.2, 0) is 6.54 Å². The molecule has 0 atom stereocenters. The second-order valence-electron chi connectivity index (χ2n) is 4.81. The summed E-state index contributed by atoms with van der Waals surface area (Å²) < 4.78 is 13.6. The number of nitrogens with zero attached hydrogens (tertiary/aromatic N) is 1. The van der Waals surface area contributed by atoms with Crippen molar-refractivity contribution in [3.63, 3.8) is 0 Å². The zero-order valence-electron chi connectivity index (χ0n) is 12.4. The summed E-state index contributed by atoms with van der Waals surface area (Å²) in [5, 5.41) is 3.76. The average molecular weight is 307 g/mol. The van der Waals surface area contributed by atoms with Gasteiger partial charge in [0.25, 0.3) is 0 Å². The van der Waals surface area contributed by atoms with Crippen LogP contribution in [0.15, 0.2) is 42.5 Å². The van der Waals surface area contributed by atoms with Crippen molar-refractivity contribution in [2.75, 3.05) is 23.3 Å². The Kier molecular flexibility index (Phi) is 5.45. The molecule has 0 bridgehead atoms. The fraction of sp³-hybridized carbons (Fsp3) is 0.294. The monoisotopic (exact) mass is 306 g/mol. The summed E-state index contributed by atoms with van der Waals surface area (Å²) >= 11 is 5.89. The van der Waals surface area contributed by atoms with Crippen molar-refractivity contribution in [3.8, 4) is 0 Å². The van der Waals surface area contributed by atoms with E-state index in [0.29, 0.717) is 17.1 Å². The molecule has 0 spiro atoms. The van der Waals surface area contributed by atoms with E-state index in [4.69, 9.17) is 11.6 Å². The second kappa shape index (κ2) is 7.32. The topological polar surface area (TPSA) is 15.3 Å². The molecule has 2 aromatic carbocycles. The lowest BCUT2D eigenvalue weighted by Gasteiger charge is -2.21. The first-order valence-electron chi connectivity index (χ1n) is 7.16. The van der Waals surface area contributed by atoms with Gasteiger partial charge < -0.3 is 10.2 Å². The zero-order valence-corrected chi connectivity index (χ0v) is 13.1. The summed E-state index contributed by atoms with van der Waals surface area (Å²) in [5.74, 6) is -0.244. The lowest BCUT2D eigenvalue weighted by Crippen LogP contribution is -2.21. The Morgan fingerprint density at radius 2 is 1.71 bits per heavy atom. The van der Waals surface area contributed by atoms with E-state index in [1.807, 2.05) is 12.1 Å². The van der Waals surface area contributed by atoms with Crippen molar-refractivity contribution in [2.24, 2.45) is 0 Å². The zero-order chi connectivity index (χ0) is 15.2. The third-order valence-electron chi connectivity index (χ3n) is 3.49. The van der Waals surface area contributed by atoms with Gasteiger partial charge in [0.05, 0.1) is 0 Å². The van der Waals surface area contributed by atoms with Crippen LogP contribution in [0.25, 0.3) is 0 Å². The molecule has 1 N–H and O–H groups in total. The van der Waals surface area contributed by atoms with Crippen molar-refractivity contribution in [1.29, 1.82) is 0 Å². The van der Waals surface area contributed by atoms with Gasteiger partial charge in [-0.3, -0.25) is 0 Å². The number of nitrogens with one attached hydrogen (secondary N) is 1. The van der Waals surface area contributed by atoms with Gasteiger partial charge in [-0.1, -0.05) is 11.6 Å². The molecule has 2 rings (SSSR count). The molecule has 0 aliphatic carbocycles. The van der Waals surface area contributed by atoms with E-state index >= 15 is 0 Å². The first-order valence-corrected chi connectivity index (χ1v) is 7.54. The fourth-order valence-corrected chi connectivity index (χ4v) is 2.45. The van der Waals surface area contributed by atoms with Gasteiger partial charge in [0.1, 0.15) is 5.82 Å². The molecule has 0 aliphatic rings. The fourth-order valence-electron chi connectivity index (χ4n) is 2.25. The third kappa shape index (κ3) is 4.11. The van der Waals surface area contributed by atoms with E-state index in [-0.39, 0.29) is 5.82 Å². The number of anilines is 2. The Morgan fingerprint density at radius 1 is 1.05 bits per heavy atom. The van der Waals surface area contributed by atoms with Crippen LogP contribution in [0.4, 0.5) is 15.8 Å². The molecular weight excluding hydrogens is 287 g/mol. The van der Waals surface area contributed by atoms with Crippen molar-refractivity contribution >= 4 is 23.0 Å². The van der Waals surface area contributed by atoms with E-state index < -0.39 is 0 Å². The number of benzene rings is 2. The highest BCUT2D eigenvalue weighted by Gasteiger charge is 2.04. The quantitative estimate of drug-likeness (QED) is 0.813. The third-order valence-corrected chi connectivity index (χ3v) is 3.72. The van der Waals surface area contributed by atoms with Crippen molar-refractivity contribution in [2.45, 2.75) is 20.4 Å². The highest BCUT2D eigenvalue weighted by Crippen LogP contribution is 2.20. The Bertz CT molecular complexity index is 580. The van der Waals surface area contributed by atoms with Gasteiger partial charge >= 0.3 is 0 Å². The van der Waals surface area contributed by atoms with Crippen LogP contribution in [0.3, 0.4) is 0 Å². The summed E-state index contributed by atoms with van der Waals surface area (Å²) in [7, 11) is 0. The first-order chi connectivity index (χ1) is 10.1. The molecule has 0 radical (unpaired) electrons. The SMILES string of the molecule is CCN(CC)c1ccc(NCc2cc(Cl)ccc2F)cc1. The standard InChI is InChI=1S/C17H20ClFN2/c1-3-21(4-2)16-8-6-15(7-9-16)20-12-13-11-14(18)5-10-17(13)19/h5-11,20H,3-4,12H2,1-2H3. The Labute approximate surface area is 130 Å². The van der Waals surface area contributed by atoms with Gasteiger partial charge in [-0.25, -0.2) is 4.39 Å². The molecule has 0 unspecified atom stereocenters. The molecule has 21 heavy (non-hydrogen) atoms. The van der Waals surface area contributed by atoms with Crippen LogP contribution in [0.2, 0.25) is 5.02 Å². The summed E-state index contributed by atoms with van der Waals surface area (Å²) in [6.07, 6.45) is 0. The maximum atomic E-state index is 13.6. The minimum absolute atomic E-state index is 0.244. The lowest BCUT2D eigenvalue weighted by molar-refractivity contribution is 0.613. The van der Waals surface area contributed by atoms with Gasteiger partial charge in [0, 0.05) is 41.6 Å². The highest BCUT2D eigenvalue weighted by atomic mass is 35.5. The van der Waals surface area contributed by atoms with E-state index in [0.717, 1.165) is 18.8 Å². The Morgan fingerprint density at radius 3 is 2.33 bits per heavy atom. The largest absolute Gasteiger partial charge is 0.381 e. The van der Waals surface area contributed by atoms with Crippen LogP contribution < -0.4 is 10.2 Å². The summed E-state index contributed by atoms with van der Waals surface area (Å²) in [5.41, 5.74) is 2.72. The van der Waals surface area contributed by atoms with Gasteiger partial charge in [-0.05, 0) is 56.3 Å². The van der Waals surface area contributed by atoms with Gasteiger partial charge in [-0.2, -0.15) is 0 Å². The van der Waals surface area contributed by atoms with Gasteiger partial charge in [0.2, 0.25) is 0 Å². The molecule has 0 fully saturated rings. The number of rotatable bonds is 6. The Balaban J connectivity index is 2.02. The predicted molar refractivity (Wildman–Crippen MR) is 88.7 cm³/mol. The molecule has 0 aliphatic heterocycles. The maximum absolute atomic E-state index is 13.6. The summed E-state index contributed by atoms with van der Waals surface area (Å²) in [4.78, 5) is 2.28. The van der Waals surface area contributed by atoms with Crippen LogP contribution in [0.5, 0.6) is 0 Å².